The van der Waals surface area contributed by atoms with Crippen LogP contribution < -0.4 is 23.3 Å². The van der Waals surface area contributed by atoms with Crippen molar-refractivity contribution in [3.8, 4) is 39.9 Å². The van der Waals surface area contributed by atoms with Crippen molar-refractivity contribution in [1.82, 2.24) is 0 Å². The van der Waals surface area contributed by atoms with Crippen LogP contribution in [0, 0.1) is 6.92 Å². The van der Waals surface area contributed by atoms with E-state index in [1.54, 1.807) is 21.3 Å². The van der Waals surface area contributed by atoms with Crippen molar-refractivity contribution in [2.75, 3.05) is 21.3 Å². The summed E-state index contributed by atoms with van der Waals surface area (Å²) in [5.74, 6) is 3.24. The highest BCUT2D eigenvalue weighted by atomic mass is 31.1. The first-order valence-electron chi connectivity index (χ1n) is 25.5. The van der Waals surface area contributed by atoms with Gasteiger partial charge in [-0.1, -0.05) is 150 Å². The van der Waals surface area contributed by atoms with Crippen LogP contribution in [-0.4, -0.2) is 21.3 Å². The molecule has 0 amide bonds. The maximum atomic E-state index is 7.37. The van der Waals surface area contributed by atoms with Crippen LogP contribution in [0.15, 0.2) is 138 Å². The van der Waals surface area contributed by atoms with E-state index in [0.29, 0.717) is 45.3 Å². The van der Waals surface area contributed by atoms with E-state index in [1.165, 1.54) is 0 Å². The number of fused-ring (bicyclic) bond motifs is 8. The van der Waals surface area contributed by atoms with Crippen LogP contribution in [0.4, 0.5) is 0 Å². The monoisotopic (exact) mass is 1040 g/mol. The van der Waals surface area contributed by atoms with Crippen LogP contribution in [0.2, 0.25) is 0 Å². The van der Waals surface area contributed by atoms with Gasteiger partial charge in [-0.25, -0.2) is 0 Å². The molecule has 9 nitrogen and oxygen atoms in total. The molecule has 0 N–H and O–H groups in total. The normalized spacial score (nSPS) is 12.8. The summed E-state index contributed by atoms with van der Waals surface area (Å²) in [4.78, 5) is 0. The zero-order valence-electron chi connectivity index (χ0n) is 46.1. The van der Waals surface area contributed by atoms with Crippen LogP contribution in [0.1, 0.15) is 111 Å². The molecule has 2 heterocycles. The maximum Gasteiger partial charge on any atom is 0.453 e. The predicted molar refractivity (Wildman–Crippen MR) is 311 cm³/mol. The van der Waals surface area contributed by atoms with Crippen molar-refractivity contribution in [3.05, 3.63) is 149 Å². The standard InChI is InChI=1S/C64H68O9P2/c1-37-29-45-46-31-40(65-14)34-50(62(5,6)7)58(46)71-74(70-57(45)49(30-37)61(2,3)4)68-53-27-25-38-21-17-19-23-43(38)55(53)56-44-24-20-18-22-39(44)26-28-54(56)69-75-72-59-47(32-41(66-15)35-51(59)63(8,9)10)48-33-42(67-16)36-52(60(48)73-75)64(11,12)13/h17-36H,1-16H3. The minimum Gasteiger partial charge on any atom is -0.497 e. The number of hydrogen-bond donors (Lipinski definition) is 0. The molecular formula is C64H68O9P2. The molecule has 0 spiro atoms. The van der Waals surface area contributed by atoms with Crippen molar-refractivity contribution in [2.45, 2.75) is 112 Å². The SMILES string of the molecule is COc1cc(C(C)(C)C)c2op(Oc3ccc4ccccc4c3-c3c(Op4oc5c(C(C)(C)C)cc(OC)cc5c5cc(OC)cc(C(C)(C)C)c5o4)ccc4ccccc34)oc3c(C(C)(C)C)cc(C)cc3c2c1. The number of aryl methyl sites for hydroxylation is 1. The molecule has 11 heteroatoms. The molecule has 8 aromatic carbocycles. The molecule has 0 saturated carbocycles. The topological polar surface area (TPSA) is 98.7 Å². The second kappa shape index (κ2) is 19.0. The lowest BCUT2D eigenvalue weighted by Crippen LogP contribution is -2.12. The number of benzene rings is 8. The van der Waals surface area contributed by atoms with Gasteiger partial charge in [0, 0.05) is 54.9 Å². The van der Waals surface area contributed by atoms with Gasteiger partial charge in [0.05, 0.1) is 21.3 Å². The summed E-state index contributed by atoms with van der Waals surface area (Å²) < 4.78 is 61.5. The Labute approximate surface area is 442 Å². The molecule has 388 valence electrons. The maximum absolute atomic E-state index is 7.37. The zero-order chi connectivity index (χ0) is 53.5. The third kappa shape index (κ3) is 9.71. The Morgan fingerprint density at radius 3 is 0.973 bits per heavy atom. The quantitative estimate of drug-likeness (QED) is 0.147. The van der Waals surface area contributed by atoms with Crippen LogP contribution in [-0.2, 0) is 21.7 Å². The van der Waals surface area contributed by atoms with Crippen LogP contribution in [0.5, 0.6) is 28.7 Å². The van der Waals surface area contributed by atoms with E-state index < -0.39 is 16.5 Å². The average Bonchev–Trinajstić information content (AvgIpc) is 3.62. The summed E-state index contributed by atoms with van der Waals surface area (Å²) in [5.41, 5.74) is 7.98. The summed E-state index contributed by atoms with van der Waals surface area (Å²) in [6.45, 7) is 28.3. The molecule has 2 aromatic heterocycles. The number of rotatable bonds is 8. The summed E-state index contributed by atoms with van der Waals surface area (Å²) in [7, 11) is 0.698. The van der Waals surface area contributed by atoms with Crippen molar-refractivity contribution in [2.24, 2.45) is 0 Å². The molecule has 0 aliphatic carbocycles. The summed E-state index contributed by atoms with van der Waals surface area (Å²) >= 11 is 0. The summed E-state index contributed by atoms with van der Waals surface area (Å²) in [6, 6.07) is 41.5. The first-order chi connectivity index (χ1) is 35.4. The smallest absolute Gasteiger partial charge is 0.453 e. The average molecular weight is 1040 g/mol. The molecule has 0 fully saturated rings. The fraction of sp³-hybridized carbons (Fsp3) is 0.312. The van der Waals surface area contributed by atoms with Gasteiger partial charge in [-0.3, -0.25) is 0 Å². The lowest BCUT2D eigenvalue weighted by Gasteiger charge is -2.21. The van der Waals surface area contributed by atoms with Crippen LogP contribution in [0.25, 0.3) is 76.5 Å². The second-order valence-corrected chi connectivity index (χ2v) is 25.6. The Bertz CT molecular complexity index is 3880. The minimum atomic E-state index is -2.21. The van der Waals surface area contributed by atoms with E-state index in [9.17, 15) is 0 Å². The third-order valence-electron chi connectivity index (χ3n) is 14.0. The van der Waals surface area contributed by atoms with Gasteiger partial charge in [-0.15, -0.1) is 0 Å². The van der Waals surface area contributed by atoms with E-state index in [4.69, 9.17) is 40.0 Å². The van der Waals surface area contributed by atoms with E-state index >= 15 is 0 Å². The first-order valence-corrected chi connectivity index (χ1v) is 27.7. The highest BCUT2D eigenvalue weighted by Crippen LogP contribution is 2.53. The van der Waals surface area contributed by atoms with Crippen molar-refractivity contribution < 1.29 is 40.0 Å². The van der Waals surface area contributed by atoms with Crippen molar-refractivity contribution in [1.29, 1.82) is 0 Å². The van der Waals surface area contributed by atoms with Crippen molar-refractivity contribution >= 4 is 81.9 Å². The lowest BCUT2D eigenvalue weighted by molar-refractivity contribution is 0.413. The van der Waals surface area contributed by atoms with Crippen LogP contribution >= 0.6 is 16.5 Å². The van der Waals surface area contributed by atoms with Gasteiger partial charge in [0.25, 0.3) is 0 Å². The first kappa shape index (κ1) is 51.6. The second-order valence-electron chi connectivity index (χ2n) is 23.7. The van der Waals surface area contributed by atoms with Crippen LogP contribution in [0.3, 0.4) is 0 Å². The van der Waals surface area contributed by atoms with Gasteiger partial charge in [0.2, 0.25) is 0 Å². The molecular weight excluding hydrogens is 975 g/mol. The fourth-order valence-corrected chi connectivity index (χ4v) is 12.3. The largest absolute Gasteiger partial charge is 0.497 e. The number of ether oxygens (including phenoxy) is 3. The molecule has 10 aromatic rings. The van der Waals surface area contributed by atoms with Gasteiger partial charge >= 0.3 is 16.5 Å². The fourth-order valence-electron chi connectivity index (χ4n) is 10.1. The van der Waals surface area contributed by atoms with Gasteiger partial charge in [0.1, 0.15) is 51.1 Å². The van der Waals surface area contributed by atoms with Crippen molar-refractivity contribution in [3.63, 3.8) is 0 Å². The molecule has 0 aliphatic rings. The highest BCUT2D eigenvalue weighted by Gasteiger charge is 2.30. The van der Waals surface area contributed by atoms with Gasteiger partial charge in [-0.05, 0) is 110 Å². The Hall–Kier alpha value is -6.92. The molecule has 1 atom stereocenters. The summed E-state index contributed by atoms with van der Waals surface area (Å²) in [5, 5.41) is 7.37. The van der Waals surface area contributed by atoms with Gasteiger partial charge in [0.15, 0.2) is 0 Å². The Morgan fingerprint density at radius 2 is 0.653 bits per heavy atom. The molecule has 1 unspecified atom stereocenters. The zero-order valence-corrected chi connectivity index (χ0v) is 47.9. The Kier molecular flexibility index (Phi) is 13.1. The van der Waals surface area contributed by atoms with E-state index in [1.807, 2.05) is 36.4 Å². The Morgan fingerprint density at radius 1 is 0.347 bits per heavy atom. The third-order valence-corrected chi connectivity index (χ3v) is 16.0. The molecule has 0 aliphatic heterocycles. The predicted octanol–water partition coefficient (Wildman–Crippen LogP) is 20.1. The highest BCUT2D eigenvalue weighted by molar-refractivity contribution is 7.32. The molecule has 10 rings (SSSR count). The minimum absolute atomic E-state index is 0.291. The van der Waals surface area contributed by atoms with E-state index in [0.717, 1.165) is 87.8 Å². The molecule has 75 heavy (non-hydrogen) atoms. The Balaban J connectivity index is 1.30. The molecule has 0 bridgehead atoms. The number of hydrogen-bond acceptors (Lipinski definition) is 9. The molecule has 0 saturated heterocycles. The van der Waals surface area contributed by atoms with E-state index in [-0.39, 0.29) is 21.7 Å². The number of methoxy groups -OCH3 is 3. The van der Waals surface area contributed by atoms with E-state index in [2.05, 4.69) is 175 Å². The van der Waals surface area contributed by atoms with Gasteiger partial charge in [-0.2, -0.15) is 0 Å². The summed E-state index contributed by atoms with van der Waals surface area (Å²) in [6.07, 6.45) is 0. The molecule has 0 radical (unpaired) electrons. The lowest BCUT2D eigenvalue weighted by atomic mass is 9.83. The van der Waals surface area contributed by atoms with Gasteiger partial charge < -0.3 is 40.0 Å².